The summed E-state index contributed by atoms with van der Waals surface area (Å²) in [4.78, 5) is 32.2. The maximum atomic E-state index is 11.7. The fourth-order valence-electron chi connectivity index (χ4n) is 1.73. The van der Waals surface area contributed by atoms with Gasteiger partial charge in [0.05, 0.1) is 5.92 Å². The van der Waals surface area contributed by atoms with E-state index in [9.17, 15) is 9.59 Å². The zero-order valence-corrected chi connectivity index (χ0v) is 9.94. The molecule has 0 spiro atoms. The molecule has 2 N–H and O–H groups in total. The van der Waals surface area contributed by atoms with Crippen LogP contribution in [0.4, 0.5) is 5.95 Å². The number of primary amides is 1. The number of carbonyl (C=O) groups excluding carboxylic acids is 2. The molecule has 2 amide bonds. The minimum absolute atomic E-state index is 0.101. The highest BCUT2D eigenvalue weighted by Gasteiger charge is 2.35. The number of rotatable bonds is 2. The average Bonchev–Trinajstić information content (AvgIpc) is 2.59. The van der Waals surface area contributed by atoms with Gasteiger partial charge in [-0.1, -0.05) is 11.6 Å². The van der Waals surface area contributed by atoms with E-state index in [2.05, 4.69) is 9.97 Å². The molecule has 0 radical (unpaired) electrons. The lowest BCUT2D eigenvalue weighted by Crippen LogP contribution is -2.29. The number of carbonyl (C=O) groups is 2. The Kier molecular flexibility index (Phi) is 2.97. The fraction of sp³-hybridized carbons (Fsp3) is 0.400. The van der Waals surface area contributed by atoms with Crippen LogP contribution in [0.5, 0.6) is 0 Å². The second kappa shape index (κ2) is 4.29. The lowest BCUT2D eigenvalue weighted by atomic mass is 10.1. The highest BCUT2D eigenvalue weighted by molar-refractivity contribution is 6.29. The number of amides is 2. The molecule has 1 aliphatic rings. The molecule has 1 aromatic heterocycles. The lowest BCUT2D eigenvalue weighted by molar-refractivity contribution is -0.123. The third kappa shape index (κ3) is 2.36. The number of aromatic nitrogens is 2. The van der Waals surface area contributed by atoms with Crippen molar-refractivity contribution >= 4 is 29.4 Å². The van der Waals surface area contributed by atoms with Crippen LogP contribution in [0.3, 0.4) is 0 Å². The molecular formula is C10H11ClN4O2. The van der Waals surface area contributed by atoms with E-state index in [1.54, 1.807) is 13.0 Å². The summed E-state index contributed by atoms with van der Waals surface area (Å²) in [7, 11) is 0. The van der Waals surface area contributed by atoms with Gasteiger partial charge in [-0.15, -0.1) is 0 Å². The van der Waals surface area contributed by atoms with Crippen LogP contribution >= 0.6 is 11.6 Å². The molecule has 90 valence electrons. The first-order valence-corrected chi connectivity index (χ1v) is 5.46. The summed E-state index contributed by atoms with van der Waals surface area (Å²) in [5.41, 5.74) is 5.84. The topological polar surface area (TPSA) is 89.2 Å². The Morgan fingerprint density at radius 3 is 2.82 bits per heavy atom. The molecule has 1 fully saturated rings. The van der Waals surface area contributed by atoms with E-state index in [0.717, 1.165) is 0 Å². The molecule has 0 bridgehead atoms. The van der Waals surface area contributed by atoms with Crippen LogP contribution in [0.15, 0.2) is 6.07 Å². The molecule has 0 saturated carbocycles. The van der Waals surface area contributed by atoms with Crippen LogP contribution in [0.1, 0.15) is 12.1 Å². The van der Waals surface area contributed by atoms with E-state index < -0.39 is 11.8 Å². The van der Waals surface area contributed by atoms with Crippen LogP contribution in [-0.2, 0) is 9.59 Å². The number of anilines is 1. The third-order valence-electron chi connectivity index (χ3n) is 2.58. The summed E-state index contributed by atoms with van der Waals surface area (Å²) >= 11 is 5.79. The number of nitrogens with zero attached hydrogens (tertiary/aromatic N) is 3. The maximum Gasteiger partial charge on any atom is 0.233 e. The molecule has 2 heterocycles. The Balaban J connectivity index is 2.28. The third-order valence-corrected chi connectivity index (χ3v) is 2.77. The monoisotopic (exact) mass is 254 g/mol. The van der Waals surface area contributed by atoms with E-state index in [1.807, 2.05) is 0 Å². The highest BCUT2D eigenvalue weighted by Crippen LogP contribution is 2.23. The number of aryl methyl sites for hydroxylation is 1. The Morgan fingerprint density at radius 2 is 2.29 bits per heavy atom. The standard InChI is InChI=1S/C10H11ClN4O2/c1-5-2-7(11)14-10(13-5)15-4-6(9(12)17)3-8(15)16/h2,6H,3-4H2,1H3,(H2,12,17). The normalized spacial score (nSPS) is 19.8. The first kappa shape index (κ1) is 11.8. The van der Waals surface area contributed by atoms with Crippen molar-refractivity contribution in [2.45, 2.75) is 13.3 Å². The smallest absolute Gasteiger partial charge is 0.233 e. The largest absolute Gasteiger partial charge is 0.369 e. The minimum Gasteiger partial charge on any atom is -0.369 e. The van der Waals surface area contributed by atoms with Crippen molar-refractivity contribution in [3.05, 3.63) is 16.9 Å². The van der Waals surface area contributed by atoms with Crippen molar-refractivity contribution in [2.24, 2.45) is 11.7 Å². The maximum absolute atomic E-state index is 11.7. The zero-order chi connectivity index (χ0) is 12.6. The van der Waals surface area contributed by atoms with Crippen LogP contribution in [0.25, 0.3) is 0 Å². The quantitative estimate of drug-likeness (QED) is 0.768. The Hall–Kier alpha value is -1.69. The molecule has 0 aliphatic carbocycles. The van der Waals surface area contributed by atoms with Gasteiger partial charge in [0.1, 0.15) is 5.15 Å². The summed E-state index contributed by atoms with van der Waals surface area (Å²) in [5, 5.41) is 0.267. The predicted molar refractivity (Wildman–Crippen MR) is 61.4 cm³/mol. The minimum atomic E-state index is -0.486. The van der Waals surface area contributed by atoms with E-state index in [0.29, 0.717) is 5.69 Å². The summed E-state index contributed by atoms with van der Waals surface area (Å²) in [6.45, 7) is 1.97. The van der Waals surface area contributed by atoms with Crippen molar-refractivity contribution in [1.29, 1.82) is 0 Å². The van der Waals surface area contributed by atoms with Crippen molar-refractivity contribution in [3.63, 3.8) is 0 Å². The second-order valence-electron chi connectivity index (χ2n) is 3.94. The van der Waals surface area contributed by atoms with Crippen molar-refractivity contribution in [1.82, 2.24) is 9.97 Å². The second-order valence-corrected chi connectivity index (χ2v) is 4.33. The summed E-state index contributed by atoms with van der Waals surface area (Å²) in [6, 6.07) is 1.59. The zero-order valence-electron chi connectivity index (χ0n) is 9.18. The summed E-state index contributed by atoms with van der Waals surface area (Å²) in [6.07, 6.45) is 0.101. The molecule has 1 aliphatic heterocycles. The predicted octanol–water partition coefficient (Wildman–Crippen LogP) is 0.277. The number of hydrogen-bond donors (Lipinski definition) is 1. The lowest BCUT2D eigenvalue weighted by Gasteiger charge is -2.14. The molecule has 1 unspecified atom stereocenters. The Bertz CT molecular complexity index is 471. The number of nitrogens with two attached hydrogens (primary N) is 1. The summed E-state index contributed by atoms with van der Waals surface area (Å²) < 4.78 is 0. The van der Waals surface area contributed by atoms with Gasteiger partial charge in [-0.25, -0.2) is 9.97 Å². The first-order valence-electron chi connectivity index (χ1n) is 5.08. The van der Waals surface area contributed by atoms with Gasteiger partial charge in [0, 0.05) is 18.7 Å². The average molecular weight is 255 g/mol. The molecule has 1 saturated heterocycles. The van der Waals surface area contributed by atoms with Gasteiger partial charge in [-0.05, 0) is 13.0 Å². The van der Waals surface area contributed by atoms with Crippen LogP contribution < -0.4 is 10.6 Å². The van der Waals surface area contributed by atoms with E-state index >= 15 is 0 Å². The molecule has 1 aromatic rings. The number of halogens is 1. The molecule has 1 atom stereocenters. The SMILES string of the molecule is Cc1cc(Cl)nc(N2CC(C(N)=O)CC2=O)n1. The van der Waals surface area contributed by atoms with E-state index in [1.165, 1.54) is 4.90 Å². The van der Waals surface area contributed by atoms with Gasteiger partial charge in [-0.2, -0.15) is 0 Å². The van der Waals surface area contributed by atoms with Crippen LogP contribution in [-0.4, -0.2) is 28.3 Å². The van der Waals surface area contributed by atoms with Crippen LogP contribution in [0, 0.1) is 12.8 Å². The molecular weight excluding hydrogens is 244 g/mol. The molecule has 0 aromatic carbocycles. The van der Waals surface area contributed by atoms with Crippen molar-refractivity contribution in [2.75, 3.05) is 11.4 Å². The molecule has 7 heteroatoms. The van der Waals surface area contributed by atoms with Crippen molar-refractivity contribution < 1.29 is 9.59 Å². The molecule has 17 heavy (non-hydrogen) atoms. The molecule has 6 nitrogen and oxygen atoms in total. The summed E-state index contributed by atoms with van der Waals surface area (Å²) in [5.74, 6) is -0.954. The van der Waals surface area contributed by atoms with Gasteiger partial charge in [0.15, 0.2) is 0 Å². The molecule has 2 rings (SSSR count). The van der Waals surface area contributed by atoms with Gasteiger partial charge in [0.25, 0.3) is 0 Å². The highest BCUT2D eigenvalue weighted by atomic mass is 35.5. The first-order chi connectivity index (χ1) is 7.97. The van der Waals surface area contributed by atoms with Gasteiger partial charge < -0.3 is 5.73 Å². The Morgan fingerprint density at radius 1 is 1.59 bits per heavy atom. The van der Waals surface area contributed by atoms with Gasteiger partial charge in [-0.3, -0.25) is 14.5 Å². The van der Waals surface area contributed by atoms with Crippen molar-refractivity contribution in [3.8, 4) is 0 Å². The van der Waals surface area contributed by atoms with Crippen LogP contribution in [0.2, 0.25) is 5.15 Å². The number of hydrogen-bond acceptors (Lipinski definition) is 4. The van der Waals surface area contributed by atoms with Gasteiger partial charge in [0.2, 0.25) is 17.8 Å². The van der Waals surface area contributed by atoms with E-state index in [-0.39, 0.29) is 30.0 Å². The van der Waals surface area contributed by atoms with Gasteiger partial charge >= 0.3 is 0 Å². The fourth-order valence-corrected chi connectivity index (χ4v) is 1.96. The van der Waals surface area contributed by atoms with E-state index in [4.69, 9.17) is 17.3 Å². The Labute approximate surface area is 103 Å².